The van der Waals surface area contributed by atoms with Gasteiger partial charge in [-0.3, -0.25) is 9.79 Å². The topological polar surface area (TPSA) is 29.4 Å². The third kappa shape index (κ3) is 2.37. The normalized spacial score (nSPS) is 23.2. The molecule has 1 aliphatic heterocycles. The van der Waals surface area contributed by atoms with Crippen molar-refractivity contribution in [2.75, 3.05) is 0 Å². The van der Waals surface area contributed by atoms with Crippen LogP contribution in [0.1, 0.15) is 44.1 Å². The zero-order valence-electron chi connectivity index (χ0n) is 10.9. The number of ketones is 1. The quantitative estimate of drug-likeness (QED) is 0.750. The highest BCUT2D eigenvalue weighted by Crippen LogP contribution is 2.39. The molecule has 0 bridgehead atoms. The second-order valence-corrected chi connectivity index (χ2v) is 5.73. The molecule has 0 radical (unpaired) electrons. The Hall–Kier alpha value is -1.41. The summed E-state index contributed by atoms with van der Waals surface area (Å²) in [5, 5.41) is 0.731. The molecule has 1 atom stereocenters. The molecule has 19 heavy (non-hydrogen) atoms. The van der Waals surface area contributed by atoms with Crippen molar-refractivity contribution in [3.8, 4) is 0 Å². The summed E-state index contributed by atoms with van der Waals surface area (Å²) < 4.78 is 0. The molecule has 1 heterocycles. The average molecular weight is 274 g/mol. The van der Waals surface area contributed by atoms with Gasteiger partial charge in [0.25, 0.3) is 0 Å². The van der Waals surface area contributed by atoms with E-state index in [1.807, 2.05) is 31.2 Å². The zero-order valence-corrected chi connectivity index (χ0v) is 11.7. The molecule has 2 aliphatic rings. The molecule has 0 aromatic heterocycles. The molecule has 0 fully saturated rings. The lowest BCUT2D eigenvalue weighted by molar-refractivity contribution is -0.116. The minimum Gasteiger partial charge on any atom is -0.294 e. The SMILES string of the molecule is CC1=NC2=C(C(=O)CCC2)C(c2ccc(Cl)cc2)C1. The van der Waals surface area contributed by atoms with Gasteiger partial charge in [-0.1, -0.05) is 23.7 Å². The minimum absolute atomic E-state index is 0.164. The second-order valence-electron chi connectivity index (χ2n) is 5.29. The molecule has 3 heteroatoms. The number of carbonyl (C=O) groups is 1. The van der Waals surface area contributed by atoms with Crippen LogP contribution in [0.4, 0.5) is 0 Å². The summed E-state index contributed by atoms with van der Waals surface area (Å²) in [6.07, 6.45) is 3.37. The Balaban J connectivity index is 2.06. The molecule has 1 aromatic carbocycles. The molecule has 2 nitrogen and oxygen atoms in total. The van der Waals surface area contributed by atoms with E-state index in [2.05, 4.69) is 4.99 Å². The zero-order chi connectivity index (χ0) is 13.4. The summed E-state index contributed by atoms with van der Waals surface area (Å²) in [5.74, 6) is 0.440. The van der Waals surface area contributed by atoms with Crippen molar-refractivity contribution >= 4 is 23.1 Å². The van der Waals surface area contributed by atoms with Gasteiger partial charge in [-0.2, -0.15) is 0 Å². The number of nitrogens with zero attached hydrogens (tertiary/aromatic N) is 1. The van der Waals surface area contributed by atoms with Gasteiger partial charge in [0.2, 0.25) is 0 Å². The first-order valence-electron chi connectivity index (χ1n) is 6.71. The van der Waals surface area contributed by atoms with E-state index in [0.29, 0.717) is 6.42 Å². The van der Waals surface area contributed by atoms with Gasteiger partial charge in [0.15, 0.2) is 5.78 Å². The molecule has 1 aromatic rings. The fraction of sp³-hybridized carbons (Fsp3) is 0.375. The van der Waals surface area contributed by atoms with E-state index in [9.17, 15) is 4.79 Å². The number of Topliss-reactive ketones (excluding diaryl/α,β-unsaturated/α-hetero) is 1. The largest absolute Gasteiger partial charge is 0.294 e. The van der Waals surface area contributed by atoms with Crippen molar-refractivity contribution < 1.29 is 4.79 Å². The maximum absolute atomic E-state index is 12.2. The summed E-state index contributed by atoms with van der Waals surface area (Å²) >= 11 is 5.94. The predicted octanol–water partition coefficient (Wildman–Crippen LogP) is 4.30. The Labute approximate surface area is 118 Å². The Bertz CT molecular complexity index is 583. The van der Waals surface area contributed by atoms with Gasteiger partial charge in [0.1, 0.15) is 0 Å². The third-order valence-corrected chi connectivity index (χ3v) is 4.13. The molecule has 98 valence electrons. The van der Waals surface area contributed by atoms with Crippen LogP contribution in [0.3, 0.4) is 0 Å². The second kappa shape index (κ2) is 4.93. The summed E-state index contributed by atoms with van der Waals surface area (Å²) in [6.45, 7) is 2.05. The first-order chi connectivity index (χ1) is 9.15. The fourth-order valence-corrected chi connectivity index (χ4v) is 3.14. The Morgan fingerprint density at radius 1 is 1.21 bits per heavy atom. The lowest BCUT2D eigenvalue weighted by Gasteiger charge is -2.29. The summed E-state index contributed by atoms with van der Waals surface area (Å²) in [4.78, 5) is 16.8. The molecular weight excluding hydrogens is 258 g/mol. The Morgan fingerprint density at radius 3 is 2.68 bits per heavy atom. The van der Waals surface area contributed by atoms with Crippen molar-refractivity contribution in [3.63, 3.8) is 0 Å². The van der Waals surface area contributed by atoms with Crippen LogP contribution in [0.15, 0.2) is 40.5 Å². The van der Waals surface area contributed by atoms with Gasteiger partial charge in [-0.25, -0.2) is 0 Å². The van der Waals surface area contributed by atoms with E-state index < -0.39 is 0 Å². The molecular formula is C16H16ClNO. The van der Waals surface area contributed by atoms with Crippen LogP contribution >= 0.6 is 11.6 Å². The van der Waals surface area contributed by atoms with Gasteiger partial charge in [0, 0.05) is 34.3 Å². The Kier molecular flexibility index (Phi) is 3.28. The maximum Gasteiger partial charge on any atom is 0.161 e. The monoisotopic (exact) mass is 273 g/mol. The highest BCUT2D eigenvalue weighted by molar-refractivity contribution is 6.30. The number of halogens is 1. The van der Waals surface area contributed by atoms with Gasteiger partial charge in [0.05, 0.1) is 0 Å². The van der Waals surface area contributed by atoms with Gasteiger partial charge in [-0.15, -0.1) is 0 Å². The van der Waals surface area contributed by atoms with Crippen LogP contribution in [0.2, 0.25) is 5.02 Å². The summed E-state index contributed by atoms with van der Waals surface area (Å²) in [6, 6.07) is 7.84. The predicted molar refractivity (Wildman–Crippen MR) is 77.8 cm³/mol. The number of rotatable bonds is 1. The van der Waals surface area contributed by atoms with Gasteiger partial charge >= 0.3 is 0 Å². The van der Waals surface area contributed by atoms with E-state index in [4.69, 9.17) is 11.6 Å². The van der Waals surface area contributed by atoms with E-state index in [1.165, 1.54) is 5.56 Å². The van der Waals surface area contributed by atoms with E-state index in [-0.39, 0.29) is 11.7 Å². The summed E-state index contributed by atoms with van der Waals surface area (Å²) in [7, 11) is 0. The van der Waals surface area contributed by atoms with E-state index >= 15 is 0 Å². The molecule has 3 rings (SSSR count). The molecule has 0 spiro atoms. The van der Waals surface area contributed by atoms with Crippen LogP contribution in [0.5, 0.6) is 0 Å². The average Bonchev–Trinajstić information content (AvgIpc) is 2.38. The highest BCUT2D eigenvalue weighted by atomic mass is 35.5. The molecule has 0 saturated carbocycles. The summed E-state index contributed by atoms with van der Waals surface area (Å²) in [5.41, 5.74) is 4.24. The van der Waals surface area contributed by atoms with E-state index in [0.717, 1.165) is 41.3 Å². The van der Waals surface area contributed by atoms with Crippen LogP contribution in [0, 0.1) is 0 Å². The number of benzene rings is 1. The minimum atomic E-state index is 0.164. The van der Waals surface area contributed by atoms with E-state index in [1.54, 1.807) is 0 Å². The van der Waals surface area contributed by atoms with Gasteiger partial charge in [-0.05, 0) is 43.9 Å². The van der Waals surface area contributed by atoms with Crippen molar-refractivity contribution in [2.45, 2.75) is 38.5 Å². The molecule has 0 saturated heterocycles. The number of aliphatic imine (C=N–C) groups is 1. The lowest BCUT2D eigenvalue weighted by Crippen LogP contribution is -2.23. The molecule has 1 unspecified atom stereocenters. The standard InChI is InChI=1S/C16H16ClNO/c1-10-9-13(11-5-7-12(17)8-6-11)16-14(18-10)3-2-4-15(16)19/h5-8,13H,2-4,9H2,1H3. The van der Waals surface area contributed by atoms with Crippen molar-refractivity contribution in [1.29, 1.82) is 0 Å². The number of hydrogen-bond donors (Lipinski definition) is 0. The van der Waals surface area contributed by atoms with Crippen LogP contribution in [-0.2, 0) is 4.79 Å². The van der Waals surface area contributed by atoms with Crippen molar-refractivity contribution in [1.82, 2.24) is 0 Å². The third-order valence-electron chi connectivity index (χ3n) is 3.87. The van der Waals surface area contributed by atoms with Crippen molar-refractivity contribution in [3.05, 3.63) is 46.1 Å². The molecule has 1 aliphatic carbocycles. The number of hydrogen-bond acceptors (Lipinski definition) is 2. The fourth-order valence-electron chi connectivity index (χ4n) is 3.01. The number of carbonyl (C=O) groups excluding carboxylic acids is 1. The first-order valence-corrected chi connectivity index (χ1v) is 7.09. The maximum atomic E-state index is 12.2. The first kappa shape index (κ1) is 12.6. The van der Waals surface area contributed by atoms with Crippen LogP contribution in [0.25, 0.3) is 0 Å². The number of allylic oxidation sites excluding steroid dienone is 2. The Morgan fingerprint density at radius 2 is 1.95 bits per heavy atom. The van der Waals surface area contributed by atoms with Crippen molar-refractivity contribution in [2.24, 2.45) is 4.99 Å². The van der Waals surface area contributed by atoms with Crippen LogP contribution < -0.4 is 0 Å². The molecule has 0 N–H and O–H groups in total. The smallest absolute Gasteiger partial charge is 0.161 e. The lowest BCUT2D eigenvalue weighted by atomic mass is 9.78. The molecule has 0 amide bonds. The van der Waals surface area contributed by atoms with Crippen LogP contribution in [-0.4, -0.2) is 11.5 Å². The van der Waals surface area contributed by atoms with Gasteiger partial charge < -0.3 is 0 Å². The highest BCUT2D eigenvalue weighted by Gasteiger charge is 2.31.